The van der Waals surface area contributed by atoms with Crippen molar-refractivity contribution in [1.82, 2.24) is 9.88 Å². The molecule has 2 heterocycles. The van der Waals surface area contributed by atoms with Crippen molar-refractivity contribution in [3.63, 3.8) is 0 Å². The molecule has 25 heavy (non-hydrogen) atoms. The predicted molar refractivity (Wildman–Crippen MR) is 87.4 cm³/mol. The average Bonchev–Trinajstić information content (AvgIpc) is 2.53. The second-order valence-corrected chi connectivity index (χ2v) is 8.33. The first-order chi connectivity index (χ1) is 11.5. The van der Waals surface area contributed by atoms with Crippen molar-refractivity contribution in [2.75, 3.05) is 42.6 Å². The molecule has 11 heteroatoms. The summed E-state index contributed by atoms with van der Waals surface area (Å²) in [6, 6.07) is 0.815. The highest BCUT2D eigenvalue weighted by molar-refractivity contribution is 7.92. The second kappa shape index (κ2) is 7.36. The number of hydrogen-bond donors (Lipinski definition) is 0. The third-order valence-corrected chi connectivity index (χ3v) is 5.71. The Hall–Kier alpha value is -1.55. The van der Waals surface area contributed by atoms with Gasteiger partial charge in [0.25, 0.3) is 0 Å². The lowest BCUT2D eigenvalue weighted by Crippen LogP contribution is -2.50. The molecule has 1 aromatic heterocycles. The molecular formula is C14H17ClF3N3O3S. The zero-order valence-electron chi connectivity index (χ0n) is 13.4. The molecule has 6 nitrogen and oxygen atoms in total. The topological polar surface area (TPSA) is 70.6 Å². The number of carbonyl (C=O) groups is 1. The minimum atomic E-state index is -4.52. The molecule has 0 spiro atoms. The third-order valence-electron chi connectivity index (χ3n) is 3.86. The van der Waals surface area contributed by atoms with Crippen molar-refractivity contribution in [3.05, 3.63) is 22.8 Å². The van der Waals surface area contributed by atoms with Crippen LogP contribution in [0.1, 0.15) is 12.5 Å². The van der Waals surface area contributed by atoms with E-state index in [0.717, 1.165) is 6.07 Å². The molecule has 1 aromatic rings. The standard InChI is InChI=1S/C14H17ClF3N3O3S/c1-2-25(23,24)9-12(22)20-3-5-21(6-4-20)13-11(15)7-10(8-19-13)14(16,17)18/h7-8H,2-6,9H2,1H3. The first-order valence-corrected chi connectivity index (χ1v) is 9.69. The SMILES string of the molecule is CCS(=O)(=O)CC(=O)N1CCN(c2ncc(C(F)(F)F)cc2Cl)CC1. The minimum absolute atomic E-state index is 0.107. The molecule has 1 fully saturated rings. The molecule has 0 unspecified atom stereocenters. The van der Waals surface area contributed by atoms with Crippen LogP contribution >= 0.6 is 11.6 Å². The summed E-state index contributed by atoms with van der Waals surface area (Å²) < 4.78 is 61.0. The van der Waals surface area contributed by atoms with Gasteiger partial charge in [-0.15, -0.1) is 0 Å². The zero-order valence-corrected chi connectivity index (χ0v) is 15.0. The van der Waals surface area contributed by atoms with E-state index in [1.54, 1.807) is 4.90 Å². The molecular weight excluding hydrogens is 383 g/mol. The molecule has 0 atom stereocenters. The van der Waals surface area contributed by atoms with E-state index in [1.165, 1.54) is 11.8 Å². The van der Waals surface area contributed by atoms with Gasteiger partial charge in [0, 0.05) is 38.1 Å². The summed E-state index contributed by atoms with van der Waals surface area (Å²) in [4.78, 5) is 18.9. The maximum Gasteiger partial charge on any atom is 0.417 e. The first-order valence-electron chi connectivity index (χ1n) is 7.49. The molecule has 1 aliphatic heterocycles. The van der Waals surface area contributed by atoms with Gasteiger partial charge in [-0.1, -0.05) is 18.5 Å². The molecule has 1 aliphatic rings. The molecule has 2 rings (SSSR count). The van der Waals surface area contributed by atoms with Gasteiger partial charge < -0.3 is 9.80 Å². The smallest absolute Gasteiger partial charge is 0.352 e. The van der Waals surface area contributed by atoms with E-state index in [4.69, 9.17) is 11.6 Å². The normalized spacial score (nSPS) is 16.2. The third kappa shape index (κ3) is 4.97. The number of sulfone groups is 1. The van der Waals surface area contributed by atoms with Crippen molar-refractivity contribution in [1.29, 1.82) is 0 Å². The fourth-order valence-corrected chi connectivity index (χ4v) is 3.42. The Morgan fingerprint density at radius 3 is 2.36 bits per heavy atom. The van der Waals surface area contributed by atoms with Crippen molar-refractivity contribution in [2.24, 2.45) is 0 Å². The van der Waals surface area contributed by atoms with Crippen LogP contribution in [0.4, 0.5) is 19.0 Å². The lowest BCUT2D eigenvalue weighted by molar-refractivity contribution is -0.137. The van der Waals surface area contributed by atoms with E-state index < -0.39 is 33.2 Å². The Kier molecular flexibility index (Phi) is 5.82. The van der Waals surface area contributed by atoms with Gasteiger partial charge in [-0.2, -0.15) is 13.2 Å². The Morgan fingerprint density at radius 2 is 1.88 bits per heavy atom. The van der Waals surface area contributed by atoms with E-state index in [1.807, 2.05) is 0 Å². The number of hydrogen-bond acceptors (Lipinski definition) is 5. The van der Waals surface area contributed by atoms with Crippen molar-refractivity contribution in [3.8, 4) is 0 Å². The van der Waals surface area contributed by atoms with Gasteiger partial charge in [-0.25, -0.2) is 13.4 Å². The summed E-state index contributed by atoms with van der Waals surface area (Å²) >= 11 is 5.91. The highest BCUT2D eigenvalue weighted by atomic mass is 35.5. The van der Waals surface area contributed by atoms with E-state index in [0.29, 0.717) is 19.3 Å². The molecule has 0 aromatic carbocycles. The number of alkyl halides is 3. The molecule has 0 radical (unpaired) electrons. The van der Waals surface area contributed by atoms with Gasteiger partial charge in [0.2, 0.25) is 5.91 Å². The number of piperazine rings is 1. The van der Waals surface area contributed by atoms with Crippen molar-refractivity contribution >= 4 is 33.2 Å². The first kappa shape index (κ1) is 19.8. The summed E-state index contributed by atoms with van der Waals surface area (Å²) in [5, 5.41) is -0.122. The van der Waals surface area contributed by atoms with Crippen LogP contribution in [-0.4, -0.2) is 61.9 Å². The number of rotatable bonds is 4. The average molecular weight is 400 g/mol. The summed E-state index contributed by atoms with van der Waals surface area (Å²) in [5.41, 5.74) is -0.931. The van der Waals surface area contributed by atoms with Crippen molar-refractivity contribution < 1.29 is 26.4 Å². The Morgan fingerprint density at radius 1 is 1.28 bits per heavy atom. The van der Waals surface area contributed by atoms with Crippen LogP contribution in [0.5, 0.6) is 0 Å². The minimum Gasteiger partial charge on any atom is -0.352 e. The van der Waals surface area contributed by atoms with E-state index >= 15 is 0 Å². The number of halogens is 4. The van der Waals surface area contributed by atoms with Gasteiger partial charge in [0.15, 0.2) is 9.84 Å². The highest BCUT2D eigenvalue weighted by Crippen LogP contribution is 2.33. The maximum atomic E-state index is 12.6. The predicted octanol–water partition coefficient (Wildman–Crippen LogP) is 1.84. The van der Waals surface area contributed by atoms with Crippen LogP contribution in [0.15, 0.2) is 12.3 Å². The quantitative estimate of drug-likeness (QED) is 0.772. The van der Waals surface area contributed by atoms with Crippen LogP contribution in [0.25, 0.3) is 0 Å². The fourth-order valence-electron chi connectivity index (χ4n) is 2.37. The Bertz CT molecular complexity index is 747. The van der Waals surface area contributed by atoms with Gasteiger partial charge in [-0.3, -0.25) is 4.79 Å². The molecule has 0 aliphatic carbocycles. The van der Waals surface area contributed by atoms with Crippen LogP contribution in [0.3, 0.4) is 0 Å². The van der Waals surface area contributed by atoms with Gasteiger partial charge in [-0.05, 0) is 6.07 Å². The number of nitrogens with zero attached hydrogens (tertiary/aromatic N) is 3. The number of anilines is 1. The summed E-state index contributed by atoms with van der Waals surface area (Å²) in [6.45, 7) is 2.57. The second-order valence-electron chi connectivity index (χ2n) is 5.57. The zero-order chi connectivity index (χ0) is 18.8. The van der Waals surface area contributed by atoms with E-state index in [9.17, 15) is 26.4 Å². The van der Waals surface area contributed by atoms with Gasteiger partial charge in [0.05, 0.1) is 10.6 Å². The lowest BCUT2D eigenvalue weighted by Gasteiger charge is -2.35. The molecule has 0 N–H and O–H groups in total. The van der Waals surface area contributed by atoms with Gasteiger partial charge >= 0.3 is 6.18 Å². The van der Waals surface area contributed by atoms with Crippen molar-refractivity contribution in [2.45, 2.75) is 13.1 Å². The van der Waals surface area contributed by atoms with Crippen LogP contribution in [0.2, 0.25) is 5.02 Å². The van der Waals surface area contributed by atoms with Crippen LogP contribution in [-0.2, 0) is 20.8 Å². The Balaban J connectivity index is 2.02. The number of aromatic nitrogens is 1. The monoisotopic (exact) mass is 399 g/mol. The van der Waals surface area contributed by atoms with E-state index in [-0.39, 0.29) is 29.7 Å². The molecule has 1 saturated heterocycles. The summed E-state index contributed by atoms with van der Waals surface area (Å²) in [5.74, 6) is -0.914. The number of amides is 1. The number of carbonyl (C=O) groups excluding carboxylic acids is 1. The maximum absolute atomic E-state index is 12.6. The summed E-state index contributed by atoms with van der Waals surface area (Å²) in [6.07, 6.45) is -3.81. The lowest BCUT2D eigenvalue weighted by atomic mass is 10.2. The Labute approximate surface area is 148 Å². The van der Waals surface area contributed by atoms with Crippen LogP contribution < -0.4 is 4.90 Å². The molecule has 0 saturated carbocycles. The highest BCUT2D eigenvalue weighted by Gasteiger charge is 2.32. The van der Waals surface area contributed by atoms with Gasteiger partial charge in [0.1, 0.15) is 11.6 Å². The molecule has 1 amide bonds. The number of pyridine rings is 1. The molecule has 140 valence electrons. The summed E-state index contributed by atoms with van der Waals surface area (Å²) in [7, 11) is -3.40. The van der Waals surface area contributed by atoms with Crippen LogP contribution in [0, 0.1) is 0 Å². The van der Waals surface area contributed by atoms with E-state index in [2.05, 4.69) is 4.98 Å². The molecule has 0 bridgehead atoms. The fraction of sp³-hybridized carbons (Fsp3) is 0.571. The largest absolute Gasteiger partial charge is 0.417 e.